The first kappa shape index (κ1) is 33.0. The van der Waals surface area contributed by atoms with Crippen molar-refractivity contribution < 1.29 is 41.1 Å². The van der Waals surface area contributed by atoms with Gasteiger partial charge in [-0.05, 0) is 49.7 Å². The molecule has 216 valence electrons. The van der Waals surface area contributed by atoms with Crippen molar-refractivity contribution in [3.8, 4) is 0 Å². The number of aromatic nitrogens is 1. The van der Waals surface area contributed by atoms with Crippen molar-refractivity contribution in [2.24, 2.45) is 16.6 Å². The van der Waals surface area contributed by atoms with Crippen molar-refractivity contribution in [2.75, 3.05) is 11.3 Å². The molecule has 18 heteroatoms. The predicted octanol–water partition coefficient (Wildman–Crippen LogP) is 1.26. The molecule has 2 aromatic rings. The van der Waals surface area contributed by atoms with Crippen LogP contribution in [0, 0.1) is 13.8 Å². The highest BCUT2D eigenvalue weighted by Crippen LogP contribution is 2.26. The number of aryl methyl sites for hydroxylation is 2. The number of carboxylic acids is 1. The van der Waals surface area contributed by atoms with Crippen molar-refractivity contribution in [1.82, 2.24) is 9.88 Å². The number of halogens is 4. The number of alkyl halides is 3. The molecular weight excluding hydrogens is 573 g/mol. The Morgan fingerprint density at radius 1 is 1.21 bits per heavy atom. The Morgan fingerprint density at radius 2 is 1.79 bits per heavy atom. The molecule has 0 spiro atoms. The number of carboxylic acid groups (broad SMARTS) is 1. The number of rotatable bonds is 9. The highest BCUT2D eigenvalue weighted by molar-refractivity contribution is 7.92. The summed E-state index contributed by atoms with van der Waals surface area (Å²) in [5.74, 6) is -3.50. The van der Waals surface area contributed by atoms with Crippen molar-refractivity contribution >= 4 is 45.1 Å². The molecule has 0 aliphatic carbocycles. The first-order valence-electron chi connectivity index (χ1n) is 10.7. The van der Waals surface area contributed by atoms with E-state index in [1.807, 2.05) is 0 Å². The Kier molecular flexibility index (Phi) is 11.6. The minimum Gasteiger partial charge on any atom is -0.475 e. The van der Waals surface area contributed by atoms with Gasteiger partial charge in [-0.15, -0.1) is 0 Å². The smallest absolute Gasteiger partial charge is 0.475 e. The molecule has 0 radical (unpaired) electrons. The number of hydrogen-bond donors (Lipinski definition) is 5. The summed E-state index contributed by atoms with van der Waals surface area (Å²) in [6, 6.07) is 7.52. The SMILES string of the molecule is Cc1cccc(Cl)c1S(=O)(=O)Nc1ccc(C)n(CC(=O)NCC(C)ON=C(N)N)c1=O.O=C(O)C(F)(F)F. The number of nitrogens with two attached hydrogens (primary N) is 2. The second kappa shape index (κ2) is 13.7. The summed E-state index contributed by atoms with van der Waals surface area (Å²) in [7, 11) is -4.14. The number of amides is 1. The number of nitrogens with one attached hydrogen (secondary N) is 2. The lowest BCUT2D eigenvalue weighted by molar-refractivity contribution is -0.192. The molecule has 7 N–H and O–H groups in total. The van der Waals surface area contributed by atoms with E-state index < -0.39 is 39.7 Å². The number of anilines is 1. The van der Waals surface area contributed by atoms with Gasteiger partial charge in [0.25, 0.3) is 15.6 Å². The largest absolute Gasteiger partial charge is 0.490 e. The fourth-order valence-corrected chi connectivity index (χ4v) is 4.63. The van der Waals surface area contributed by atoms with E-state index in [0.717, 1.165) is 4.57 Å². The standard InChI is InChI=1S/C19H25ClN6O5S.C2HF3O2/c1-11-5-4-6-14(20)17(11)32(29,30)25-15-8-7-12(2)26(18(15)28)10-16(27)23-9-13(3)31-24-19(21)22;3-2(4,5)1(6)7/h4-8,13,25H,9-10H2,1-3H3,(H,23,27)(H4,21,22,24);(H,6,7). The van der Waals surface area contributed by atoms with E-state index in [2.05, 4.69) is 15.2 Å². The van der Waals surface area contributed by atoms with Gasteiger partial charge >= 0.3 is 12.1 Å². The van der Waals surface area contributed by atoms with E-state index >= 15 is 0 Å². The maximum absolute atomic E-state index is 12.9. The molecule has 1 aromatic carbocycles. The van der Waals surface area contributed by atoms with Crippen LogP contribution < -0.4 is 27.1 Å². The molecular formula is C21H26ClF3N6O7S. The zero-order chi connectivity index (χ0) is 30.1. The number of benzene rings is 1. The number of hydrogen-bond acceptors (Lipinski definition) is 7. The maximum atomic E-state index is 12.9. The molecule has 0 aliphatic heterocycles. The first-order chi connectivity index (χ1) is 17.9. The zero-order valence-electron chi connectivity index (χ0n) is 20.7. The summed E-state index contributed by atoms with van der Waals surface area (Å²) < 4.78 is 60.8. The average Bonchev–Trinajstić information content (AvgIpc) is 2.80. The Bertz CT molecular complexity index is 1370. The van der Waals surface area contributed by atoms with Crippen LogP contribution >= 0.6 is 11.6 Å². The quantitative estimate of drug-likeness (QED) is 0.160. The monoisotopic (exact) mass is 598 g/mol. The third-order valence-corrected chi connectivity index (χ3v) is 6.53. The summed E-state index contributed by atoms with van der Waals surface area (Å²) in [4.78, 5) is 38.9. The minimum atomic E-state index is -5.08. The van der Waals surface area contributed by atoms with E-state index in [1.165, 1.54) is 18.2 Å². The molecule has 1 heterocycles. The van der Waals surface area contributed by atoms with Gasteiger partial charge in [-0.25, -0.2) is 13.2 Å². The zero-order valence-corrected chi connectivity index (χ0v) is 22.3. The lowest BCUT2D eigenvalue weighted by atomic mass is 10.2. The third kappa shape index (κ3) is 10.4. The molecule has 0 fully saturated rings. The van der Waals surface area contributed by atoms with Crippen molar-refractivity contribution in [3.05, 3.63) is 57.0 Å². The van der Waals surface area contributed by atoms with Crippen LogP contribution in [-0.4, -0.2) is 54.8 Å². The van der Waals surface area contributed by atoms with Gasteiger partial charge in [-0.1, -0.05) is 23.7 Å². The van der Waals surface area contributed by atoms with Crippen LogP contribution in [0.3, 0.4) is 0 Å². The highest BCUT2D eigenvalue weighted by atomic mass is 35.5. The molecule has 2 rings (SSSR count). The second-order valence-electron chi connectivity index (χ2n) is 7.81. The van der Waals surface area contributed by atoms with Gasteiger partial charge in [-0.3, -0.25) is 14.3 Å². The number of sulfonamides is 1. The molecule has 1 atom stereocenters. The molecule has 39 heavy (non-hydrogen) atoms. The molecule has 0 bridgehead atoms. The summed E-state index contributed by atoms with van der Waals surface area (Å²) in [5, 5.41) is 13.1. The third-order valence-electron chi connectivity index (χ3n) is 4.54. The van der Waals surface area contributed by atoms with Gasteiger partial charge in [0.15, 0.2) is 0 Å². The van der Waals surface area contributed by atoms with Gasteiger partial charge in [0, 0.05) is 5.69 Å². The lowest BCUT2D eigenvalue weighted by Crippen LogP contribution is -2.38. The number of carbonyl (C=O) groups is 2. The summed E-state index contributed by atoms with van der Waals surface area (Å²) >= 11 is 6.06. The maximum Gasteiger partial charge on any atom is 0.490 e. The van der Waals surface area contributed by atoms with Crippen LogP contribution in [0.4, 0.5) is 18.9 Å². The molecule has 1 amide bonds. The Hall–Kier alpha value is -3.99. The van der Waals surface area contributed by atoms with Gasteiger partial charge in [-0.2, -0.15) is 13.2 Å². The van der Waals surface area contributed by atoms with Gasteiger partial charge < -0.3 is 31.3 Å². The second-order valence-corrected chi connectivity index (χ2v) is 9.84. The number of aliphatic carboxylic acids is 1. The number of guanidine groups is 1. The van der Waals surface area contributed by atoms with E-state index in [0.29, 0.717) is 11.3 Å². The van der Waals surface area contributed by atoms with Gasteiger partial charge in [0.05, 0.1) is 11.6 Å². The van der Waals surface area contributed by atoms with E-state index in [-0.39, 0.29) is 34.7 Å². The molecule has 0 saturated heterocycles. The Morgan fingerprint density at radius 3 is 2.31 bits per heavy atom. The van der Waals surface area contributed by atoms with Crippen LogP contribution in [0.15, 0.2) is 45.2 Å². The molecule has 13 nitrogen and oxygen atoms in total. The summed E-state index contributed by atoms with van der Waals surface area (Å²) in [6.07, 6.45) is -5.60. The van der Waals surface area contributed by atoms with Crippen LogP contribution in [-0.2, 0) is 31.0 Å². The van der Waals surface area contributed by atoms with E-state index in [1.54, 1.807) is 32.9 Å². The number of nitrogens with zero attached hydrogens (tertiary/aromatic N) is 2. The van der Waals surface area contributed by atoms with Gasteiger partial charge in [0.2, 0.25) is 11.9 Å². The molecule has 1 aromatic heterocycles. The summed E-state index contributed by atoms with van der Waals surface area (Å²) in [6.45, 7) is 4.60. The van der Waals surface area contributed by atoms with Gasteiger partial charge in [0.1, 0.15) is 23.2 Å². The van der Waals surface area contributed by atoms with Crippen LogP contribution in [0.1, 0.15) is 18.2 Å². The predicted molar refractivity (Wildman–Crippen MR) is 135 cm³/mol. The molecule has 0 aliphatic rings. The highest BCUT2D eigenvalue weighted by Gasteiger charge is 2.38. The average molecular weight is 599 g/mol. The molecule has 1 unspecified atom stereocenters. The van der Waals surface area contributed by atoms with Crippen LogP contribution in [0.2, 0.25) is 5.02 Å². The van der Waals surface area contributed by atoms with Crippen molar-refractivity contribution in [1.29, 1.82) is 0 Å². The van der Waals surface area contributed by atoms with Crippen molar-refractivity contribution in [2.45, 2.75) is 44.5 Å². The Balaban J connectivity index is 0.000000956. The normalized spacial score (nSPS) is 11.9. The van der Waals surface area contributed by atoms with E-state index in [9.17, 15) is 31.2 Å². The van der Waals surface area contributed by atoms with Crippen LogP contribution in [0.25, 0.3) is 0 Å². The fraction of sp³-hybridized carbons (Fsp3) is 0.333. The lowest BCUT2D eigenvalue weighted by Gasteiger charge is -2.15. The van der Waals surface area contributed by atoms with Crippen molar-refractivity contribution in [3.63, 3.8) is 0 Å². The number of oxime groups is 1. The first-order valence-corrected chi connectivity index (χ1v) is 12.5. The fourth-order valence-electron chi connectivity index (χ4n) is 2.74. The Labute approximate surface area is 225 Å². The van der Waals surface area contributed by atoms with Crippen LogP contribution in [0.5, 0.6) is 0 Å². The number of pyridine rings is 1. The number of carbonyl (C=O) groups excluding carboxylic acids is 1. The topological polar surface area (TPSA) is 208 Å². The molecule has 0 saturated carbocycles. The summed E-state index contributed by atoms with van der Waals surface area (Å²) in [5.41, 5.74) is 10.3. The van der Waals surface area contributed by atoms with E-state index in [4.69, 9.17) is 37.8 Å². The minimum absolute atomic E-state index is 0.0291.